The van der Waals surface area contributed by atoms with Crippen molar-refractivity contribution in [3.63, 3.8) is 0 Å². The standard InChI is InChI=1S/C12H9Cl2N3O2/c13-10-2-1-7(5-9(10)11(18)19)16-6-8-3-4-15-12(14)17-8/h1-5,16H,6H2,(H,18,19). The van der Waals surface area contributed by atoms with E-state index in [1.807, 2.05) is 0 Å². The van der Waals surface area contributed by atoms with Crippen LogP contribution in [0.1, 0.15) is 16.1 Å². The van der Waals surface area contributed by atoms with E-state index in [1.165, 1.54) is 12.1 Å². The van der Waals surface area contributed by atoms with Gasteiger partial charge in [0.05, 0.1) is 22.8 Å². The van der Waals surface area contributed by atoms with Gasteiger partial charge in [-0.1, -0.05) is 11.6 Å². The summed E-state index contributed by atoms with van der Waals surface area (Å²) in [5.74, 6) is -1.07. The van der Waals surface area contributed by atoms with Gasteiger partial charge in [0.1, 0.15) is 0 Å². The topological polar surface area (TPSA) is 75.1 Å². The van der Waals surface area contributed by atoms with E-state index in [-0.39, 0.29) is 15.9 Å². The van der Waals surface area contributed by atoms with Gasteiger partial charge >= 0.3 is 5.97 Å². The molecule has 1 heterocycles. The second-order valence-corrected chi connectivity index (χ2v) is 4.42. The molecule has 0 saturated carbocycles. The Hall–Kier alpha value is -1.85. The third-order valence-electron chi connectivity index (χ3n) is 2.35. The summed E-state index contributed by atoms with van der Waals surface area (Å²) in [6.07, 6.45) is 1.55. The highest BCUT2D eigenvalue weighted by Gasteiger charge is 2.09. The Balaban J connectivity index is 2.12. The number of nitrogens with zero attached hydrogens (tertiary/aromatic N) is 2. The van der Waals surface area contributed by atoms with E-state index in [2.05, 4.69) is 15.3 Å². The predicted molar refractivity (Wildman–Crippen MR) is 72.8 cm³/mol. The molecule has 5 nitrogen and oxygen atoms in total. The van der Waals surface area contributed by atoms with Crippen LogP contribution in [0.3, 0.4) is 0 Å². The Morgan fingerprint density at radius 2 is 2.11 bits per heavy atom. The zero-order valence-corrected chi connectivity index (χ0v) is 11.1. The summed E-state index contributed by atoms with van der Waals surface area (Å²) < 4.78 is 0. The predicted octanol–water partition coefficient (Wildman–Crippen LogP) is 3.09. The van der Waals surface area contributed by atoms with E-state index in [0.717, 1.165) is 0 Å². The van der Waals surface area contributed by atoms with Crippen LogP contribution < -0.4 is 5.32 Å². The Morgan fingerprint density at radius 3 is 2.79 bits per heavy atom. The third kappa shape index (κ3) is 3.56. The van der Waals surface area contributed by atoms with Gasteiger partial charge in [0.2, 0.25) is 5.28 Å². The molecule has 98 valence electrons. The molecule has 19 heavy (non-hydrogen) atoms. The molecule has 0 saturated heterocycles. The molecule has 0 aliphatic heterocycles. The van der Waals surface area contributed by atoms with Gasteiger partial charge < -0.3 is 10.4 Å². The number of rotatable bonds is 4. The number of halogens is 2. The molecule has 0 bridgehead atoms. The van der Waals surface area contributed by atoms with Gasteiger partial charge in [-0.05, 0) is 35.9 Å². The molecule has 0 aliphatic rings. The lowest BCUT2D eigenvalue weighted by molar-refractivity contribution is 0.0697. The summed E-state index contributed by atoms with van der Waals surface area (Å²) in [6, 6.07) is 6.40. The molecule has 0 aliphatic carbocycles. The highest BCUT2D eigenvalue weighted by Crippen LogP contribution is 2.21. The van der Waals surface area contributed by atoms with Crippen LogP contribution in [0.5, 0.6) is 0 Å². The third-order valence-corrected chi connectivity index (χ3v) is 2.87. The first-order valence-electron chi connectivity index (χ1n) is 5.30. The highest BCUT2D eigenvalue weighted by molar-refractivity contribution is 6.33. The van der Waals surface area contributed by atoms with Crippen molar-refractivity contribution in [3.05, 3.63) is 52.0 Å². The Kier molecular flexibility index (Phi) is 4.19. The van der Waals surface area contributed by atoms with Gasteiger partial charge in [0, 0.05) is 11.9 Å². The molecule has 1 aromatic carbocycles. The molecule has 0 fully saturated rings. The zero-order chi connectivity index (χ0) is 13.8. The Labute approximate surface area is 119 Å². The van der Waals surface area contributed by atoms with E-state index in [4.69, 9.17) is 28.3 Å². The highest BCUT2D eigenvalue weighted by atomic mass is 35.5. The number of benzene rings is 1. The average molecular weight is 298 g/mol. The lowest BCUT2D eigenvalue weighted by Crippen LogP contribution is -2.04. The summed E-state index contributed by atoms with van der Waals surface area (Å²) >= 11 is 11.5. The number of nitrogens with one attached hydrogen (secondary N) is 1. The van der Waals surface area contributed by atoms with E-state index in [1.54, 1.807) is 18.3 Å². The van der Waals surface area contributed by atoms with E-state index in [0.29, 0.717) is 17.9 Å². The minimum atomic E-state index is -1.07. The zero-order valence-electron chi connectivity index (χ0n) is 9.60. The van der Waals surface area contributed by atoms with Crippen LogP contribution in [-0.4, -0.2) is 21.0 Å². The molecule has 1 aromatic heterocycles. The second-order valence-electron chi connectivity index (χ2n) is 3.67. The van der Waals surface area contributed by atoms with Crippen molar-refractivity contribution in [2.45, 2.75) is 6.54 Å². The van der Waals surface area contributed by atoms with E-state index < -0.39 is 5.97 Å². The summed E-state index contributed by atoms with van der Waals surface area (Å²) in [5, 5.41) is 12.4. The number of carbonyl (C=O) groups is 1. The van der Waals surface area contributed by atoms with Gasteiger partial charge in [-0.15, -0.1) is 0 Å². The molecular weight excluding hydrogens is 289 g/mol. The molecule has 0 atom stereocenters. The van der Waals surface area contributed by atoms with E-state index >= 15 is 0 Å². The fraction of sp³-hybridized carbons (Fsp3) is 0.0833. The molecule has 2 N–H and O–H groups in total. The fourth-order valence-electron chi connectivity index (χ4n) is 1.46. The summed E-state index contributed by atoms with van der Waals surface area (Å²) in [7, 11) is 0. The minimum Gasteiger partial charge on any atom is -0.478 e. The van der Waals surface area contributed by atoms with Crippen molar-refractivity contribution >= 4 is 34.9 Å². The first kappa shape index (κ1) is 13.6. The average Bonchev–Trinajstić information content (AvgIpc) is 2.37. The van der Waals surface area contributed by atoms with Gasteiger partial charge in [0.15, 0.2) is 0 Å². The van der Waals surface area contributed by atoms with Crippen LogP contribution in [0, 0.1) is 0 Å². The van der Waals surface area contributed by atoms with Crippen molar-refractivity contribution in [1.82, 2.24) is 9.97 Å². The van der Waals surface area contributed by atoms with Crippen LogP contribution in [0.4, 0.5) is 5.69 Å². The number of carboxylic acids is 1. The summed E-state index contributed by atoms with van der Waals surface area (Å²) in [4.78, 5) is 18.7. The number of anilines is 1. The van der Waals surface area contributed by atoms with E-state index in [9.17, 15) is 4.79 Å². The number of hydrogen-bond acceptors (Lipinski definition) is 4. The van der Waals surface area contributed by atoms with Crippen LogP contribution in [0.15, 0.2) is 30.5 Å². The number of aromatic carboxylic acids is 1. The molecule has 7 heteroatoms. The fourth-order valence-corrected chi connectivity index (χ4v) is 1.82. The number of aromatic nitrogens is 2. The molecule has 0 radical (unpaired) electrons. The molecule has 2 rings (SSSR count). The number of hydrogen-bond donors (Lipinski definition) is 2. The normalized spacial score (nSPS) is 10.2. The minimum absolute atomic E-state index is 0.0485. The molecule has 0 unspecified atom stereocenters. The van der Waals surface area contributed by atoms with Gasteiger partial charge in [-0.3, -0.25) is 0 Å². The molecule has 0 amide bonds. The molecule has 0 spiro atoms. The number of carboxylic acid groups (broad SMARTS) is 1. The van der Waals surface area contributed by atoms with Crippen LogP contribution in [0.2, 0.25) is 10.3 Å². The van der Waals surface area contributed by atoms with Crippen molar-refractivity contribution in [1.29, 1.82) is 0 Å². The summed E-state index contributed by atoms with van der Waals surface area (Å²) in [6.45, 7) is 0.406. The van der Waals surface area contributed by atoms with Crippen molar-refractivity contribution in [3.8, 4) is 0 Å². The van der Waals surface area contributed by atoms with Crippen LogP contribution >= 0.6 is 23.2 Å². The Morgan fingerprint density at radius 1 is 1.32 bits per heavy atom. The molecule has 2 aromatic rings. The van der Waals surface area contributed by atoms with Crippen LogP contribution in [0.25, 0.3) is 0 Å². The van der Waals surface area contributed by atoms with Crippen molar-refractivity contribution < 1.29 is 9.90 Å². The maximum Gasteiger partial charge on any atom is 0.337 e. The van der Waals surface area contributed by atoms with Gasteiger partial charge in [-0.2, -0.15) is 0 Å². The monoisotopic (exact) mass is 297 g/mol. The summed E-state index contributed by atoms with van der Waals surface area (Å²) in [5.41, 5.74) is 1.38. The van der Waals surface area contributed by atoms with Gasteiger partial charge in [0.25, 0.3) is 0 Å². The largest absolute Gasteiger partial charge is 0.478 e. The van der Waals surface area contributed by atoms with Crippen molar-refractivity contribution in [2.75, 3.05) is 5.32 Å². The quantitative estimate of drug-likeness (QED) is 0.848. The lowest BCUT2D eigenvalue weighted by atomic mass is 10.2. The smallest absolute Gasteiger partial charge is 0.337 e. The lowest BCUT2D eigenvalue weighted by Gasteiger charge is -2.07. The maximum absolute atomic E-state index is 10.9. The maximum atomic E-state index is 10.9. The SMILES string of the molecule is O=C(O)c1cc(NCc2ccnc(Cl)n2)ccc1Cl. The van der Waals surface area contributed by atoms with Crippen molar-refractivity contribution in [2.24, 2.45) is 0 Å². The first-order valence-corrected chi connectivity index (χ1v) is 6.06. The van der Waals surface area contributed by atoms with Crippen LogP contribution in [-0.2, 0) is 6.54 Å². The molecular formula is C12H9Cl2N3O2. The van der Waals surface area contributed by atoms with Gasteiger partial charge in [-0.25, -0.2) is 14.8 Å². The Bertz CT molecular complexity index is 620. The second kappa shape index (κ2) is 5.86. The first-order chi connectivity index (χ1) is 9.06.